The van der Waals surface area contributed by atoms with Crippen molar-refractivity contribution in [3.63, 3.8) is 0 Å². The van der Waals surface area contributed by atoms with Crippen molar-refractivity contribution in [1.29, 1.82) is 0 Å². The quantitative estimate of drug-likeness (QED) is 0.727. The first kappa shape index (κ1) is 22.8. The van der Waals surface area contributed by atoms with Crippen LogP contribution in [0.4, 0.5) is 10.5 Å². The number of carbonyl (C=O) groups is 1. The molecule has 3 rings (SSSR count). The van der Waals surface area contributed by atoms with Gasteiger partial charge in [0.15, 0.2) is 0 Å². The Bertz CT molecular complexity index is 876. The number of likely N-dealkylation sites (tertiary alicyclic amines) is 1. The van der Waals surface area contributed by atoms with Crippen molar-refractivity contribution < 1.29 is 14.3 Å². The molecule has 2 heterocycles. The summed E-state index contributed by atoms with van der Waals surface area (Å²) in [7, 11) is 1.65. The maximum Gasteiger partial charge on any atom is 0.319 e. The Morgan fingerprint density at radius 1 is 1.19 bits per heavy atom. The van der Waals surface area contributed by atoms with E-state index >= 15 is 0 Å². The highest BCUT2D eigenvalue weighted by atomic mass is 16.5. The molecular formula is C23H33N5O3. The zero-order valence-corrected chi connectivity index (χ0v) is 18.9. The average molecular weight is 428 g/mol. The molecule has 0 aliphatic carbocycles. The Morgan fingerprint density at radius 3 is 2.55 bits per heavy atom. The van der Waals surface area contributed by atoms with E-state index in [1.807, 2.05) is 45.0 Å². The second-order valence-corrected chi connectivity index (χ2v) is 8.92. The van der Waals surface area contributed by atoms with E-state index in [1.165, 1.54) is 4.90 Å². The molecule has 1 aliphatic heterocycles. The summed E-state index contributed by atoms with van der Waals surface area (Å²) < 4.78 is 12.0. The van der Waals surface area contributed by atoms with Gasteiger partial charge < -0.3 is 15.2 Å². The second-order valence-electron chi connectivity index (χ2n) is 8.92. The summed E-state index contributed by atoms with van der Waals surface area (Å²) in [5.41, 5.74) is 6.65. The van der Waals surface area contributed by atoms with Gasteiger partial charge in [0.25, 0.3) is 0 Å². The van der Waals surface area contributed by atoms with Gasteiger partial charge in [0.2, 0.25) is 5.88 Å². The Morgan fingerprint density at radius 2 is 1.87 bits per heavy atom. The minimum absolute atomic E-state index is 0.312. The number of anilines is 1. The molecule has 31 heavy (non-hydrogen) atoms. The predicted molar refractivity (Wildman–Crippen MR) is 120 cm³/mol. The van der Waals surface area contributed by atoms with Crippen molar-refractivity contribution in [2.24, 2.45) is 11.7 Å². The number of rotatable bonds is 7. The zero-order valence-electron chi connectivity index (χ0n) is 18.9. The first-order chi connectivity index (χ1) is 14.7. The number of aromatic nitrogens is 2. The first-order valence-electron chi connectivity index (χ1n) is 10.7. The molecule has 2 aromatic rings. The highest BCUT2D eigenvalue weighted by Crippen LogP contribution is 2.29. The van der Waals surface area contributed by atoms with Gasteiger partial charge >= 0.3 is 6.03 Å². The molecule has 8 heteroatoms. The Labute approximate surface area is 184 Å². The minimum Gasteiger partial charge on any atom is -0.491 e. The van der Waals surface area contributed by atoms with Gasteiger partial charge in [0, 0.05) is 26.0 Å². The van der Waals surface area contributed by atoms with Crippen LogP contribution in [0, 0.1) is 5.92 Å². The van der Waals surface area contributed by atoms with Crippen LogP contribution >= 0.6 is 0 Å². The first-order valence-corrected chi connectivity index (χ1v) is 10.7. The van der Waals surface area contributed by atoms with Gasteiger partial charge in [-0.3, -0.25) is 14.8 Å². The Kier molecular flexibility index (Phi) is 7.33. The third-order valence-corrected chi connectivity index (χ3v) is 5.25. The Balaban J connectivity index is 1.52. The molecule has 2 amide bonds. The van der Waals surface area contributed by atoms with Crippen LogP contribution in [0.15, 0.2) is 36.7 Å². The number of hydrogen-bond donors (Lipinski definition) is 1. The highest BCUT2D eigenvalue weighted by molar-refractivity contribution is 5.91. The summed E-state index contributed by atoms with van der Waals surface area (Å²) in [6, 6.07) is 6.96. The number of primary amides is 1. The third kappa shape index (κ3) is 6.55. The van der Waals surface area contributed by atoms with E-state index in [0.29, 0.717) is 29.8 Å². The molecule has 1 aliphatic rings. The molecule has 0 bridgehead atoms. The van der Waals surface area contributed by atoms with Gasteiger partial charge in [-0.05, 0) is 64.8 Å². The fourth-order valence-corrected chi connectivity index (χ4v) is 3.54. The van der Waals surface area contributed by atoms with Crippen LogP contribution < -0.4 is 20.1 Å². The van der Waals surface area contributed by atoms with Gasteiger partial charge in [-0.15, -0.1) is 0 Å². The highest BCUT2D eigenvalue weighted by Gasteiger charge is 2.23. The lowest BCUT2D eigenvalue weighted by molar-refractivity contribution is 0.112. The zero-order chi connectivity index (χ0) is 22.4. The summed E-state index contributed by atoms with van der Waals surface area (Å²) in [5, 5.41) is 0. The molecule has 1 fully saturated rings. The molecule has 8 nitrogen and oxygen atoms in total. The number of hydrogen-bond acceptors (Lipinski definition) is 6. The molecule has 0 radical (unpaired) electrons. The topological polar surface area (TPSA) is 93.8 Å². The van der Waals surface area contributed by atoms with Crippen molar-refractivity contribution in [1.82, 2.24) is 14.9 Å². The number of nitrogens with two attached hydrogens (primary N) is 1. The molecule has 0 spiro atoms. The normalized spacial score (nSPS) is 15.5. The lowest BCUT2D eigenvalue weighted by Gasteiger charge is -2.32. The van der Waals surface area contributed by atoms with Crippen LogP contribution in [0.5, 0.6) is 11.6 Å². The van der Waals surface area contributed by atoms with E-state index in [1.54, 1.807) is 19.4 Å². The van der Waals surface area contributed by atoms with Crippen LogP contribution in [0.1, 0.15) is 39.3 Å². The molecule has 0 saturated carbocycles. The second kappa shape index (κ2) is 9.96. The number of ether oxygens (including phenoxy) is 2. The maximum atomic E-state index is 11.5. The summed E-state index contributed by atoms with van der Waals surface area (Å²) >= 11 is 0. The van der Waals surface area contributed by atoms with Gasteiger partial charge in [0.05, 0.1) is 12.3 Å². The molecule has 1 aromatic heterocycles. The molecule has 2 N–H and O–H groups in total. The molecule has 1 aromatic carbocycles. The van der Waals surface area contributed by atoms with E-state index in [-0.39, 0.29) is 5.60 Å². The van der Waals surface area contributed by atoms with Crippen LogP contribution in [-0.2, 0) is 6.54 Å². The van der Waals surface area contributed by atoms with Crippen molar-refractivity contribution in [3.8, 4) is 11.6 Å². The third-order valence-electron chi connectivity index (χ3n) is 5.25. The lowest BCUT2D eigenvalue weighted by Crippen LogP contribution is -2.36. The number of piperidine rings is 1. The van der Waals surface area contributed by atoms with Crippen molar-refractivity contribution in [2.45, 2.75) is 45.8 Å². The molecule has 0 unspecified atom stereocenters. The summed E-state index contributed by atoms with van der Waals surface area (Å²) in [6.07, 6.45) is 5.45. The van der Waals surface area contributed by atoms with Gasteiger partial charge in [0.1, 0.15) is 17.0 Å². The monoisotopic (exact) mass is 427 g/mol. The number of nitrogens with zero attached hydrogens (tertiary/aromatic N) is 4. The van der Waals surface area contributed by atoms with E-state index in [9.17, 15) is 4.79 Å². The average Bonchev–Trinajstić information content (AvgIpc) is 2.73. The van der Waals surface area contributed by atoms with Crippen LogP contribution in [0.3, 0.4) is 0 Å². The summed E-state index contributed by atoms with van der Waals surface area (Å²) in [5.74, 6) is 1.74. The van der Waals surface area contributed by atoms with E-state index in [0.717, 1.165) is 38.2 Å². The van der Waals surface area contributed by atoms with Gasteiger partial charge in [-0.1, -0.05) is 12.1 Å². The van der Waals surface area contributed by atoms with Crippen molar-refractivity contribution in [3.05, 3.63) is 42.4 Å². The molecule has 1 saturated heterocycles. The molecule has 0 atom stereocenters. The fourth-order valence-electron chi connectivity index (χ4n) is 3.54. The van der Waals surface area contributed by atoms with Gasteiger partial charge in [-0.25, -0.2) is 9.78 Å². The number of para-hydroxylation sites is 2. The van der Waals surface area contributed by atoms with Crippen molar-refractivity contribution >= 4 is 11.7 Å². The summed E-state index contributed by atoms with van der Waals surface area (Å²) in [4.78, 5) is 24.2. The largest absolute Gasteiger partial charge is 0.491 e. The number of benzene rings is 1. The molecule has 168 valence electrons. The summed E-state index contributed by atoms with van der Waals surface area (Å²) in [6.45, 7) is 9.29. The van der Waals surface area contributed by atoms with Crippen LogP contribution in [0.2, 0.25) is 0 Å². The fraction of sp³-hybridized carbons (Fsp3) is 0.522. The van der Waals surface area contributed by atoms with Crippen LogP contribution in [-0.4, -0.2) is 53.2 Å². The SMILES string of the molecule is CN(C(N)=O)c1ccccc1OCC1CCN(Cc2nccnc2OC(C)(C)C)CC1. The standard InChI is InChI=1S/C23H33N5O3/c1-23(2,3)31-21-18(25-11-12-26-21)15-28-13-9-17(10-14-28)16-30-20-8-6-5-7-19(20)27(4)22(24)29/h5-8,11-12,17H,9-10,13-16H2,1-4H3,(H2,24,29). The van der Waals surface area contributed by atoms with Crippen molar-refractivity contribution in [2.75, 3.05) is 31.6 Å². The van der Waals surface area contributed by atoms with E-state index < -0.39 is 6.03 Å². The van der Waals surface area contributed by atoms with E-state index in [4.69, 9.17) is 15.2 Å². The number of amides is 2. The van der Waals surface area contributed by atoms with Gasteiger partial charge in [-0.2, -0.15) is 0 Å². The van der Waals surface area contributed by atoms with E-state index in [2.05, 4.69) is 14.9 Å². The maximum absolute atomic E-state index is 11.5. The number of urea groups is 1. The minimum atomic E-state index is -0.511. The lowest BCUT2D eigenvalue weighted by atomic mass is 9.97. The van der Waals surface area contributed by atoms with Crippen LogP contribution in [0.25, 0.3) is 0 Å². The smallest absolute Gasteiger partial charge is 0.319 e. The number of carbonyl (C=O) groups excluding carboxylic acids is 1. The Hall–Kier alpha value is -2.87. The molecular weight excluding hydrogens is 394 g/mol. The predicted octanol–water partition coefficient (Wildman–Crippen LogP) is 3.46.